The maximum absolute atomic E-state index is 13.4. The summed E-state index contributed by atoms with van der Waals surface area (Å²) in [4.78, 5) is 11.4. The van der Waals surface area contributed by atoms with Crippen LogP contribution in [-0.4, -0.2) is 12.6 Å². The SMILES string of the molecule is CCOC(=O)CC(C)CC(N)c1cc(C)c(F)cc1Cl. The van der Waals surface area contributed by atoms with Crippen molar-refractivity contribution in [2.45, 2.75) is 39.7 Å². The molecule has 0 radical (unpaired) electrons. The molecule has 0 saturated heterocycles. The maximum atomic E-state index is 13.4. The standard InChI is InChI=1S/C15H21ClFNO2/c1-4-20-15(19)6-9(2)5-14(18)11-7-10(3)13(17)8-12(11)16/h7-9,14H,4-6,18H2,1-3H3. The molecule has 20 heavy (non-hydrogen) atoms. The van der Waals surface area contributed by atoms with E-state index in [4.69, 9.17) is 22.1 Å². The minimum atomic E-state index is -0.342. The van der Waals surface area contributed by atoms with Crippen molar-refractivity contribution in [2.24, 2.45) is 11.7 Å². The summed E-state index contributed by atoms with van der Waals surface area (Å²) in [7, 11) is 0. The Morgan fingerprint density at radius 3 is 2.75 bits per heavy atom. The number of aryl methyl sites for hydroxylation is 1. The van der Waals surface area contributed by atoms with Crippen LogP contribution in [0.15, 0.2) is 12.1 Å². The topological polar surface area (TPSA) is 52.3 Å². The zero-order chi connectivity index (χ0) is 15.3. The summed E-state index contributed by atoms with van der Waals surface area (Å²) in [5.41, 5.74) is 7.33. The molecule has 0 spiro atoms. The number of nitrogens with two attached hydrogens (primary N) is 1. The first-order chi connectivity index (χ1) is 9.35. The summed E-state index contributed by atoms with van der Waals surface area (Å²) in [6, 6.07) is 2.62. The van der Waals surface area contributed by atoms with Gasteiger partial charge in [-0.15, -0.1) is 0 Å². The van der Waals surface area contributed by atoms with Crippen LogP contribution in [0.5, 0.6) is 0 Å². The van der Waals surface area contributed by atoms with E-state index in [1.165, 1.54) is 6.07 Å². The van der Waals surface area contributed by atoms with Gasteiger partial charge in [-0.1, -0.05) is 24.6 Å². The highest BCUT2D eigenvalue weighted by atomic mass is 35.5. The molecule has 0 bridgehead atoms. The van der Waals surface area contributed by atoms with Crippen LogP contribution in [0.2, 0.25) is 5.02 Å². The monoisotopic (exact) mass is 301 g/mol. The average molecular weight is 302 g/mol. The molecular weight excluding hydrogens is 281 g/mol. The van der Waals surface area contributed by atoms with Gasteiger partial charge in [0.05, 0.1) is 6.61 Å². The quantitative estimate of drug-likeness (QED) is 0.814. The van der Waals surface area contributed by atoms with E-state index in [2.05, 4.69) is 0 Å². The van der Waals surface area contributed by atoms with E-state index >= 15 is 0 Å². The minimum Gasteiger partial charge on any atom is -0.466 e. The van der Waals surface area contributed by atoms with Crippen molar-refractivity contribution >= 4 is 17.6 Å². The third-order valence-electron chi connectivity index (χ3n) is 3.15. The average Bonchev–Trinajstić information content (AvgIpc) is 2.33. The molecule has 0 aliphatic rings. The van der Waals surface area contributed by atoms with Crippen LogP contribution < -0.4 is 5.73 Å². The third kappa shape index (κ3) is 4.76. The van der Waals surface area contributed by atoms with E-state index in [-0.39, 0.29) is 23.7 Å². The zero-order valence-corrected chi connectivity index (χ0v) is 12.8. The van der Waals surface area contributed by atoms with Gasteiger partial charge in [0.1, 0.15) is 5.82 Å². The molecule has 0 aliphatic carbocycles. The van der Waals surface area contributed by atoms with Gasteiger partial charge in [-0.05, 0) is 43.4 Å². The van der Waals surface area contributed by atoms with Crippen LogP contribution in [0.1, 0.15) is 43.9 Å². The molecule has 112 valence electrons. The Morgan fingerprint density at radius 1 is 1.50 bits per heavy atom. The maximum Gasteiger partial charge on any atom is 0.306 e. The summed E-state index contributed by atoms with van der Waals surface area (Å²) in [6.45, 7) is 5.75. The Bertz CT molecular complexity index is 479. The van der Waals surface area contributed by atoms with Gasteiger partial charge >= 0.3 is 5.97 Å². The van der Waals surface area contributed by atoms with Gasteiger partial charge in [0.2, 0.25) is 0 Å². The zero-order valence-electron chi connectivity index (χ0n) is 12.1. The van der Waals surface area contributed by atoms with Crippen LogP contribution in [0.25, 0.3) is 0 Å². The summed E-state index contributed by atoms with van der Waals surface area (Å²) in [6.07, 6.45) is 0.906. The van der Waals surface area contributed by atoms with Crippen molar-refractivity contribution in [3.8, 4) is 0 Å². The van der Waals surface area contributed by atoms with Gasteiger partial charge < -0.3 is 10.5 Å². The highest BCUT2D eigenvalue weighted by Crippen LogP contribution is 2.29. The molecule has 0 aromatic heterocycles. The second kappa shape index (κ2) is 7.60. The molecule has 0 heterocycles. The number of benzene rings is 1. The first kappa shape index (κ1) is 16.9. The number of hydrogen-bond donors (Lipinski definition) is 1. The molecule has 3 nitrogen and oxygen atoms in total. The van der Waals surface area contributed by atoms with E-state index in [1.807, 2.05) is 6.92 Å². The van der Waals surface area contributed by atoms with Crippen molar-refractivity contribution in [1.82, 2.24) is 0 Å². The van der Waals surface area contributed by atoms with Crippen LogP contribution in [0.3, 0.4) is 0 Å². The Morgan fingerprint density at radius 2 is 2.15 bits per heavy atom. The normalized spacial score (nSPS) is 13.9. The van der Waals surface area contributed by atoms with Crippen molar-refractivity contribution in [1.29, 1.82) is 0 Å². The second-order valence-corrected chi connectivity index (χ2v) is 5.49. The molecule has 5 heteroatoms. The number of ether oxygens (including phenoxy) is 1. The third-order valence-corrected chi connectivity index (χ3v) is 3.48. The number of carbonyl (C=O) groups excluding carboxylic acids is 1. The second-order valence-electron chi connectivity index (χ2n) is 5.08. The van der Waals surface area contributed by atoms with E-state index in [9.17, 15) is 9.18 Å². The number of esters is 1. The van der Waals surface area contributed by atoms with Gasteiger partial charge in [0, 0.05) is 17.5 Å². The Kier molecular flexibility index (Phi) is 6.43. The number of hydrogen-bond acceptors (Lipinski definition) is 3. The van der Waals surface area contributed by atoms with Gasteiger partial charge in [0.25, 0.3) is 0 Å². The highest BCUT2D eigenvalue weighted by Gasteiger charge is 2.18. The van der Waals surface area contributed by atoms with Crippen molar-refractivity contribution in [2.75, 3.05) is 6.61 Å². The van der Waals surface area contributed by atoms with Crippen molar-refractivity contribution in [3.63, 3.8) is 0 Å². The lowest BCUT2D eigenvalue weighted by molar-refractivity contribution is -0.144. The summed E-state index contributed by atoms with van der Waals surface area (Å²) in [5.74, 6) is -0.496. The van der Waals surface area contributed by atoms with Crippen LogP contribution in [0.4, 0.5) is 4.39 Å². The number of carbonyl (C=O) groups is 1. The largest absolute Gasteiger partial charge is 0.466 e. The van der Waals surface area contributed by atoms with E-state index in [1.54, 1.807) is 19.9 Å². The molecule has 1 aromatic rings. The molecule has 2 atom stereocenters. The van der Waals surface area contributed by atoms with Gasteiger partial charge in [-0.25, -0.2) is 4.39 Å². The predicted octanol–water partition coefficient (Wildman–Crippen LogP) is 3.77. The van der Waals surface area contributed by atoms with Crippen LogP contribution >= 0.6 is 11.6 Å². The first-order valence-electron chi connectivity index (χ1n) is 6.71. The molecule has 0 saturated carbocycles. The summed E-state index contributed by atoms with van der Waals surface area (Å²) < 4.78 is 18.3. The Labute approximate surface area is 124 Å². The fourth-order valence-corrected chi connectivity index (χ4v) is 2.40. The molecule has 0 aliphatic heterocycles. The van der Waals surface area contributed by atoms with Crippen molar-refractivity contribution in [3.05, 3.63) is 34.1 Å². The summed E-state index contributed by atoms with van der Waals surface area (Å²) in [5, 5.41) is 0.323. The van der Waals surface area contributed by atoms with E-state index in [0.29, 0.717) is 35.6 Å². The fourth-order valence-electron chi connectivity index (χ4n) is 2.11. The number of rotatable bonds is 6. The van der Waals surface area contributed by atoms with Gasteiger partial charge in [-0.3, -0.25) is 4.79 Å². The van der Waals surface area contributed by atoms with Gasteiger partial charge in [0.15, 0.2) is 0 Å². The summed E-state index contributed by atoms with van der Waals surface area (Å²) >= 11 is 6.02. The highest BCUT2D eigenvalue weighted by molar-refractivity contribution is 6.31. The Hall–Kier alpha value is -1.13. The molecule has 0 fully saturated rings. The smallest absolute Gasteiger partial charge is 0.306 e. The first-order valence-corrected chi connectivity index (χ1v) is 7.09. The van der Waals surface area contributed by atoms with Crippen molar-refractivity contribution < 1.29 is 13.9 Å². The van der Waals surface area contributed by atoms with E-state index < -0.39 is 0 Å². The molecule has 0 amide bonds. The minimum absolute atomic E-state index is 0.0745. The molecule has 1 aromatic carbocycles. The van der Waals surface area contributed by atoms with Crippen LogP contribution in [-0.2, 0) is 9.53 Å². The van der Waals surface area contributed by atoms with Crippen LogP contribution in [0, 0.1) is 18.7 Å². The van der Waals surface area contributed by atoms with E-state index in [0.717, 1.165) is 0 Å². The lowest BCUT2D eigenvalue weighted by Crippen LogP contribution is -2.18. The molecule has 2 N–H and O–H groups in total. The Balaban J connectivity index is 2.69. The molecule has 2 unspecified atom stereocenters. The molecular formula is C15H21ClFNO2. The van der Waals surface area contributed by atoms with Gasteiger partial charge in [-0.2, -0.15) is 0 Å². The number of halogens is 2. The lowest BCUT2D eigenvalue weighted by Gasteiger charge is -2.19. The predicted molar refractivity (Wildman–Crippen MR) is 78.1 cm³/mol. The molecule has 1 rings (SSSR count). The lowest BCUT2D eigenvalue weighted by atomic mass is 9.93. The fraction of sp³-hybridized carbons (Fsp3) is 0.533.